The smallest absolute Gasteiger partial charge is 0.226 e. The van der Waals surface area contributed by atoms with Gasteiger partial charge in [-0.25, -0.2) is 4.39 Å². The molecule has 1 aromatic rings. The summed E-state index contributed by atoms with van der Waals surface area (Å²) in [6, 6.07) is 6.30. The minimum atomic E-state index is -0.258. The van der Waals surface area contributed by atoms with Gasteiger partial charge in [0, 0.05) is 11.4 Å². The summed E-state index contributed by atoms with van der Waals surface area (Å²) in [7, 11) is 0. The summed E-state index contributed by atoms with van der Waals surface area (Å²) in [5.41, 5.74) is 0.673. The van der Waals surface area contributed by atoms with E-state index in [-0.39, 0.29) is 22.0 Å². The quantitative estimate of drug-likeness (QED) is 0.837. The highest BCUT2D eigenvalue weighted by molar-refractivity contribution is 6.24. The molecule has 4 fully saturated rings. The van der Waals surface area contributed by atoms with Crippen LogP contribution in [0.2, 0.25) is 0 Å². The van der Waals surface area contributed by atoms with Crippen molar-refractivity contribution in [2.75, 3.05) is 0 Å². The molecule has 2 unspecified atom stereocenters. The molecule has 4 aliphatic carbocycles. The van der Waals surface area contributed by atoms with Crippen LogP contribution in [0.5, 0.6) is 0 Å². The summed E-state index contributed by atoms with van der Waals surface area (Å²) in [5, 5.41) is 3.07. The Morgan fingerprint density at radius 3 is 2.41 bits per heavy atom. The fraction of sp³-hybridized carbons (Fsp3) is 0.611. The lowest BCUT2D eigenvalue weighted by atomic mass is 9.49. The standard InChI is InChI=1S/C18H21ClFNO/c19-18-8-13-5-14(9-18)7-17(6-13,11-18)16(22)21-10-12-1-3-15(20)4-2-12/h1-4,13-14H,5-11H2,(H,21,22)/t13-,14+,17?,18?. The van der Waals surface area contributed by atoms with E-state index in [4.69, 9.17) is 11.6 Å². The van der Waals surface area contributed by atoms with Gasteiger partial charge < -0.3 is 5.32 Å². The summed E-state index contributed by atoms with van der Waals surface area (Å²) in [5.74, 6) is 1.14. The predicted molar refractivity (Wildman–Crippen MR) is 83.9 cm³/mol. The maximum Gasteiger partial charge on any atom is 0.226 e. The van der Waals surface area contributed by atoms with Crippen LogP contribution in [-0.2, 0) is 11.3 Å². The minimum Gasteiger partial charge on any atom is -0.352 e. The molecule has 0 aliphatic heterocycles. The predicted octanol–water partition coefficient (Wildman–Crippen LogP) is 4.02. The number of amides is 1. The first-order valence-corrected chi connectivity index (χ1v) is 8.56. The first-order valence-electron chi connectivity index (χ1n) is 8.18. The molecule has 1 amide bonds. The van der Waals surface area contributed by atoms with Crippen molar-refractivity contribution in [3.63, 3.8) is 0 Å². The molecule has 22 heavy (non-hydrogen) atoms. The van der Waals surface area contributed by atoms with E-state index in [0.29, 0.717) is 18.4 Å². The van der Waals surface area contributed by atoms with Gasteiger partial charge in [-0.3, -0.25) is 4.79 Å². The van der Waals surface area contributed by atoms with E-state index in [0.717, 1.165) is 37.7 Å². The van der Waals surface area contributed by atoms with E-state index in [2.05, 4.69) is 5.32 Å². The van der Waals surface area contributed by atoms with Gasteiger partial charge in [0.1, 0.15) is 5.82 Å². The summed E-state index contributed by atoms with van der Waals surface area (Å²) in [6.07, 6.45) is 6.22. The SMILES string of the molecule is O=C(NCc1ccc(F)cc1)C12C[C@@H]3C[C@@H](CC(Cl)(C3)C1)C2. The van der Waals surface area contributed by atoms with Crippen molar-refractivity contribution >= 4 is 17.5 Å². The molecule has 0 aromatic heterocycles. The third kappa shape index (κ3) is 2.44. The van der Waals surface area contributed by atoms with E-state index in [1.165, 1.54) is 18.6 Å². The van der Waals surface area contributed by atoms with Crippen LogP contribution in [0, 0.1) is 23.1 Å². The Morgan fingerprint density at radius 1 is 1.18 bits per heavy atom. The Morgan fingerprint density at radius 2 is 1.82 bits per heavy atom. The zero-order valence-electron chi connectivity index (χ0n) is 12.6. The van der Waals surface area contributed by atoms with E-state index in [1.54, 1.807) is 12.1 Å². The minimum absolute atomic E-state index is 0.142. The molecule has 0 saturated heterocycles. The fourth-order valence-corrected chi connectivity index (χ4v) is 6.08. The van der Waals surface area contributed by atoms with Crippen LogP contribution in [0.15, 0.2) is 24.3 Å². The van der Waals surface area contributed by atoms with Crippen molar-refractivity contribution in [3.05, 3.63) is 35.6 Å². The van der Waals surface area contributed by atoms with E-state index in [1.807, 2.05) is 0 Å². The second-order valence-electron chi connectivity index (χ2n) is 7.70. The first kappa shape index (κ1) is 14.5. The molecule has 0 spiro atoms. The number of hydrogen-bond acceptors (Lipinski definition) is 1. The van der Waals surface area contributed by atoms with Crippen LogP contribution < -0.4 is 5.32 Å². The maximum atomic E-state index is 12.9. The molecule has 4 heteroatoms. The lowest BCUT2D eigenvalue weighted by Gasteiger charge is -2.59. The molecule has 4 aliphatic rings. The summed E-state index contributed by atoms with van der Waals surface area (Å²) >= 11 is 6.78. The van der Waals surface area contributed by atoms with Crippen LogP contribution in [0.4, 0.5) is 4.39 Å². The van der Waals surface area contributed by atoms with Crippen LogP contribution in [0.25, 0.3) is 0 Å². The number of benzene rings is 1. The van der Waals surface area contributed by atoms with E-state index < -0.39 is 0 Å². The van der Waals surface area contributed by atoms with Crippen LogP contribution >= 0.6 is 11.6 Å². The second kappa shape index (κ2) is 4.95. The molecule has 0 radical (unpaired) electrons. The molecular formula is C18H21ClFNO. The molecule has 1 N–H and O–H groups in total. The highest BCUT2D eigenvalue weighted by Gasteiger charge is 2.59. The average molecular weight is 322 g/mol. The van der Waals surface area contributed by atoms with Gasteiger partial charge in [0.25, 0.3) is 0 Å². The van der Waals surface area contributed by atoms with Crippen molar-refractivity contribution in [2.45, 2.75) is 49.9 Å². The highest BCUT2D eigenvalue weighted by atomic mass is 35.5. The van der Waals surface area contributed by atoms with E-state index in [9.17, 15) is 9.18 Å². The Hall–Kier alpha value is -1.09. The highest BCUT2D eigenvalue weighted by Crippen LogP contribution is 2.63. The monoisotopic (exact) mass is 321 g/mol. The number of halogens is 2. The number of nitrogens with one attached hydrogen (secondary N) is 1. The van der Waals surface area contributed by atoms with Crippen molar-refractivity contribution in [1.29, 1.82) is 0 Å². The molecule has 4 saturated carbocycles. The van der Waals surface area contributed by atoms with Gasteiger partial charge in [0.2, 0.25) is 5.91 Å². The van der Waals surface area contributed by atoms with E-state index >= 15 is 0 Å². The molecular weight excluding hydrogens is 301 g/mol. The molecule has 4 bridgehead atoms. The van der Waals surface area contributed by atoms with Crippen molar-refractivity contribution in [2.24, 2.45) is 17.3 Å². The molecule has 2 nitrogen and oxygen atoms in total. The largest absolute Gasteiger partial charge is 0.352 e. The molecule has 118 valence electrons. The lowest BCUT2D eigenvalue weighted by Crippen LogP contribution is -2.58. The summed E-state index contributed by atoms with van der Waals surface area (Å²) in [6.45, 7) is 0.464. The average Bonchev–Trinajstić information content (AvgIpc) is 2.43. The van der Waals surface area contributed by atoms with Gasteiger partial charge in [-0.1, -0.05) is 12.1 Å². The second-order valence-corrected chi connectivity index (χ2v) is 8.50. The van der Waals surface area contributed by atoms with Gasteiger partial charge in [-0.15, -0.1) is 11.6 Å². The zero-order valence-corrected chi connectivity index (χ0v) is 13.3. The van der Waals surface area contributed by atoms with Crippen LogP contribution in [0.1, 0.15) is 44.1 Å². The van der Waals surface area contributed by atoms with Crippen molar-refractivity contribution < 1.29 is 9.18 Å². The van der Waals surface area contributed by atoms with Gasteiger partial charge in [-0.05, 0) is 68.1 Å². The number of carbonyl (C=O) groups excluding carboxylic acids is 1. The number of rotatable bonds is 3. The first-order chi connectivity index (χ1) is 10.5. The maximum absolute atomic E-state index is 12.9. The summed E-state index contributed by atoms with van der Waals surface area (Å²) in [4.78, 5) is 12.7. The van der Waals surface area contributed by atoms with Crippen LogP contribution in [0.3, 0.4) is 0 Å². The van der Waals surface area contributed by atoms with Crippen molar-refractivity contribution in [3.8, 4) is 0 Å². The van der Waals surface area contributed by atoms with Gasteiger partial charge in [-0.2, -0.15) is 0 Å². The molecule has 0 heterocycles. The number of hydrogen-bond donors (Lipinski definition) is 1. The Bertz CT molecular complexity index is 586. The Balaban J connectivity index is 1.47. The van der Waals surface area contributed by atoms with Gasteiger partial charge >= 0.3 is 0 Å². The third-order valence-electron chi connectivity index (χ3n) is 5.84. The molecule has 1 aromatic carbocycles. The lowest BCUT2D eigenvalue weighted by molar-refractivity contribution is -0.144. The number of carbonyl (C=O) groups is 1. The molecule has 5 rings (SSSR count). The molecule has 4 atom stereocenters. The number of alkyl halides is 1. The summed E-state index contributed by atoms with van der Waals surface area (Å²) < 4.78 is 12.9. The Labute approximate surface area is 135 Å². The van der Waals surface area contributed by atoms with Gasteiger partial charge in [0.15, 0.2) is 0 Å². The van der Waals surface area contributed by atoms with Gasteiger partial charge in [0.05, 0.1) is 5.41 Å². The normalized spacial score (nSPS) is 39.0. The topological polar surface area (TPSA) is 29.1 Å². The zero-order chi connectivity index (χ0) is 15.4. The Kier molecular flexibility index (Phi) is 3.26. The fourth-order valence-electron chi connectivity index (χ4n) is 5.39. The van der Waals surface area contributed by atoms with Crippen molar-refractivity contribution in [1.82, 2.24) is 5.32 Å². The van der Waals surface area contributed by atoms with Crippen LogP contribution in [-0.4, -0.2) is 10.8 Å². The third-order valence-corrected chi connectivity index (χ3v) is 6.28.